The van der Waals surface area contributed by atoms with Crippen molar-refractivity contribution >= 4 is 18.0 Å². The van der Waals surface area contributed by atoms with Crippen molar-refractivity contribution in [1.82, 2.24) is 10.6 Å². The minimum absolute atomic E-state index is 0.0877. The molecule has 0 aliphatic heterocycles. The van der Waals surface area contributed by atoms with E-state index in [2.05, 4.69) is 10.6 Å². The molecule has 1 aromatic rings. The third-order valence-corrected chi connectivity index (χ3v) is 4.42. The van der Waals surface area contributed by atoms with Crippen LogP contribution in [0.1, 0.15) is 43.9 Å². The van der Waals surface area contributed by atoms with Crippen molar-refractivity contribution in [2.24, 2.45) is 0 Å². The highest BCUT2D eigenvalue weighted by Crippen LogP contribution is 2.37. The predicted octanol–water partition coefficient (Wildman–Crippen LogP) is 2.31. The van der Waals surface area contributed by atoms with Crippen LogP contribution in [0.5, 0.6) is 5.75 Å². The fourth-order valence-corrected chi connectivity index (χ4v) is 3.33. The highest BCUT2D eigenvalue weighted by Gasteiger charge is 2.30. The number of carbonyl (C=O) groups is 3. The Morgan fingerprint density at radius 2 is 1.55 bits per heavy atom. The smallest absolute Gasteiger partial charge is 0.412 e. The Labute approximate surface area is 183 Å². The maximum absolute atomic E-state index is 12.2. The molecule has 0 heterocycles. The van der Waals surface area contributed by atoms with Gasteiger partial charge in [-0.2, -0.15) is 0 Å². The van der Waals surface area contributed by atoms with Gasteiger partial charge in [-0.1, -0.05) is 19.9 Å². The summed E-state index contributed by atoms with van der Waals surface area (Å²) in [5, 5.41) is 14.5. The largest absolute Gasteiger partial charge is 0.481 e. The highest BCUT2D eigenvalue weighted by molar-refractivity contribution is 5.73. The normalized spacial score (nSPS) is 11.1. The fraction of sp³-hybridized carbons (Fsp3) is 0.591. The molecule has 31 heavy (non-hydrogen) atoms. The molecule has 3 N–H and O–H groups in total. The number of aryl methyl sites for hydroxylation is 2. The molecule has 9 heteroatoms. The Kier molecular flexibility index (Phi) is 11.0. The number of hydrogen-bond acceptors (Lipinski definition) is 6. The zero-order valence-electron chi connectivity index (χ0n) is 19.0. The molecular weight excluding hydrogens is 404 g/mol. The minimum Gasteiger partial charge on any atom is -0.481 e. The molecule has 0 aromatic heterocycles. The lowest BCUT2D eigenvalue weighted by atomic mass is 9.78. The van der Waals surface area contributed by atoms with Crippen LogP contribution in [0, 0.1) is 13.8 Å². The number of carboxylic acids is 1. The van der Waals surface area contributed by atoms with Gasteiger partial charge in [0, 0.05) is 31.0 Å². The number of benzene rings is 1. The van der Waals surface area contributed by atoms with Gasteiger partial charge in [-0.25, -0.2) is 4.79 Å². The molecule has 0 aliphatic carbocycles. The Balaban J connectivity index is 2.47. The molecule has 0 spiro atoms. The van der Waals surface area contributed by atoms with Gasteiger partial charge in [0.05, 0.1) is 32.8 Å². The van der Waals surface area contributed by atoms with E-state index in [4.69, 9.17) is 14.2 Å². The molecule has 0 bridgehead atoms. The first-order valence-corrected chi connectivity index (χ1v) is 10.2. The molecule has 0 unspecified atom stereocenters. The van der Waals surface area contributed by atoms with E-state index in [1.54, 1.807) is 6.07 Å². The van der Waals surface area contributed by atoms with Gasteiger partial charge in [0.1, 0.15) is 5.75 Å². The highest BCUT2D eigenvalue weighted by atomic mass is 16.6. The quantitative estimate of drug-likeness (QED) is 0.404. The fourth-order valence-electron chi connectivity index (χ4n) is 3.33. The van der Waals surface area contributed by atoms with E-state index in [-0.39, 0.29) is 25.5 Å². The molecular formula is C22H34N2O7. The van der Waals surface area contributed by atoms with Crippen LogP contribution in [-0.2, 0) is 24.5 Å². The Hall–Kier alpha value is -2.65. The summed E-state index contributed by atoms with van der Waals surface area (Å²) in [7, 11) is 0. The van der Waals surface area contributed by atoms with Gasteiger partial charge in [-0.05, 0) is 31.0 Å². The van der Waals surface area contributed by atoms with Crippen LogP contribution < -0.4 is 15.4 Å². The van der Waals surface area contributed by atoms with E-state index in [0.29, 0.717) is 37.7 Å². The van der Waals surface area contributed by atoms with E-state index in [1.165, 1.54) is 6.92 Å². The van der Waals surface area contributed by atoms with Crippen molar-refractivity contribution in [2.75, 3.05) is 39.5 Å². The van der Waals surface area contributed by atoms with Crippen molar-refractivity contribution in [3.8, 4) is 5.75 Å². The lowest BCUT2D eigenvalue weighted by molar-refractivity contribution is -0.138. The summed E-state index contributed by atoms with van der Waals surface area (Å²) in [6.07, 6.45) is -0.720. The van der Waals surface area contributed by atoms with Gasteiger partial charge in [-0.15, -0.1) is 0 Å². The molecule has 174 valence electrons. The van der Waals surface area contributed by atoms with Crippen LogP contribution in [0.4, 0.5) is 4.79 Å². The first kappa shape index (κ1) is 26.4. The topological polar surface area (TPSA) is 123 Å². The second kappa shape index (κ2) is 12.9. The number of aliphatic carboxylic acids is 1. The van der Waals surface area contributed by atoms with Crippen LogP contribution in [-0.4, -0.2) is 62.6 Å². The zero-order valence-corrected chi connectivity index (χ0v) is 19.0. The number of carboxylic acid groups (broad SMARTS) is 1. The average Bonchev–Trinajstić information content (AvgIpc) is 2.60. The molecule has 2 amide bonds. The van der Waals surface area contributed by atoms with E-state index < -0.39 is 17.5 Å². The molecule has 9 nitrogen and oxygen atoms in total. The molecule has 0 saturated carbocycles. The summed E-state index contributed by atoms with van der Waals surface area (Å²) in [5.41, 5.74) is 1.78. The summed E-state index contributed by atoms with van der Waals surface area (Å²) < 4.78 is 16.2. The molecule has 0 fully saturated rings. The Bertz CT molecular complexity index is 762. The molecule has 0 radical (unpaired) electrons. The van der Waals surface area contributed by atoms with Crippen LogP contribution in [0.25, 0.3) is 0 Å². The van der Waals surface area contributed by atoms with Crippen LogP contribution in [0.3, 0.4) is 0 Å². The van der Waals surface area contributed by atoms with Crippen molar-refractivity contribution in [3.63, 3.8) is 0 Å². The third-order valence-electron chi connectivity index (χ3n) is 4.42. The lowest BCUT2D eigenvalue weighted by Crippen LogP contribution is -2.32. The SMILES string of the molecule is CC(=O)NCCOCCOCCNC(=O)Oc1cc(C)cc(C)c1C(C)(C)CC(=O)O. The van der Waals surface area contributed by atoms with Crippen LogP contribution in [0.15, 0.2) is 12.1 Å². The van der Waals surface area contributed by atoms with E-state index in [0.717, 1.165) is 11.1 Å². The predicted molar refractivity (Wildman–Crippen MR) is 116 cm³/mol. The van der Waals surface area contributed by atoms with Gasteiger partial charge in [0.15, 0.2) is 0 Å². The second-order valence-corrected chi connectivity index (χ2v) is 7.93. The summed E-state index contributed by atoms with van der Waals surface area (Å²) in [5.74, 6) is -0.664. The number of rotatable bonds is 13. The summed E-state index contributed by atoms with van der Waals surface area (Å²) in [6.45, 7) is 11.0. The summed E-state index contributed by atoms with van der Waals surface area (Å²) in [4.78, 5) is 34.2. The molecule has 0 atom stereocenters. The lowest BCUT2D eigenvalue weighted by Gasteiger charge is -2.28. The standard InChI is InChI=1S/C22H34N2O7/c1-15-12-16(2)20(22(4,5)14-19(26)27)18(13-15)31-21(28)24-7-9-30-11-10-29-8-6-23-17(3)25/h12-13H,6-11,14H2,1-5H3,(H,23,25)(H,24,28)(H,26,27). The Morgan fingerprint density at radius 1 is 0.968 bits per heavy atom. The average molecular weight is 439 g/mol. The van der Waals surface area contributed by atoms with Crippen molar-refractivity contribution in [1.29, 1.82) is 0 Å². The molecule has 0 saturated heterocycles. The van der Waals surface area contributed by atoms with Gasteiger partial charge < -0.3 is 30.0 Å². The monoisotopic (exact) mass is 438 g/mol. The minimum atomic E-state index is -0.920. The molecule has 1 rings (SSSR count). The Morgan fingerprint density at radius 3 is 2.10 bits per heavy atom. The first-order chi connectivity index (χ1) is 14.5. The summed E-state index contributed by atoms with van der Waals surface area (Å²) >= 11 is 0. The number of ether oxygens (including phenoxy) is 3. The molecule has 1 aromatic carbocycles. The first-order valence-electron chi connectivity index (χ1n) is 10.2. The van der Waals surface area contributed by atoms with Crippen molar-refractivity contribution < 1.29 is 33.7 Å². The zero-order chi connectivity index (χ0) is 23.4. The number of nitrogens with one attached hydrogen (secondary N) is 2. The third kappa shape index (κ3) is 10.3. The van der Waals surface area contributed by atoms with E-state index in [1.807, 2.05) is 33.8 Å². The second-order valence-electron chi connectivity index (χ2n) is 7.93. The number of amides is 2. The van der Waals surface area contributed by atoms with Crippen LogP contribution in [0.2, 0.25) is 0 Å². The van der Waals surface area contributed by atoms with Gasteiger partial charge in [-0.3, -0.25) is 9.59 Å². The summed E-state index contributed by atoms with van der Waals surface area (Å²) in [6, 6.07) is 3.68. The van der Waals surface area contributed by atoms with Gasteiger partial charge in [0.25, 0.3) is 0 Å². The van der Waals surface area contributed by atoms with E-state index in [9.17, 15) is 19.5 Å². The van der Waals surface area contributed by atoms with E-state index >= 15 is 0 Å². The van der Waals surface area contributed by atoms with Gasteiger partial charge >= 0.3 is 12.1 Å². The van der Waals surface area contributed by atoms with Crippen molar-refractivity contribution in [2.45, 2.75) is 46.5 Å². The maximum Gasteiger partial charge on any atom is 0.412 e. The maximum atomic E-state index is 12.2. The molecule has 0 aliphatic rings. The van der Waals surface area contributed by atoms with Crippen LogP contribution >= 0.6 is 0 Å². The van der Waals surface area contributed by atoms with Crippen molar-refractivity contribution in [3.05, 3.63) is 28.8 Å². The van der Waals surface area contributed by atoms with Gasteiger partial charge in [0.2, 0.25) is 5.91 Å². The number of carbonyl (C=O) groups excluding carboxylic acids is 2. The number of hydrogen-bond donors (Lipinski definition) is 3.